The zero-order valence-electron chi connectivity index (χ0n) is 11.0. The minimum atomic E-state index is -0.281. The molecule has 2 rings (SSSR count). The van der Waals surface area contributed by atoms with Crippen LogP contribution in [-0.2, 0) is 5.88 Å². The Bertz CT molecular complexity index is 548. The lowest BCUT2D eigenvalue weighted by molar-refractivity contribution is 0.367. The van der Waals surface area contributed by atoms with Gasteiger partial charge in [0.05, 0.1) is 11.4 Å². The van der Waals surface area contributed by atoms with E-state index in [9.17, 15) is 4.39 Å². The predicted octanol–water partition coefficient (Wildman–Crippen LogP) is 4.52. The van der Waals surface area contributed by atoms with E-state index < -0.39 is 0 Å². The summed E-state index contributed by atoms with van der Waals surface area (Å²) in [5.41, 5.74) is 1.26. The summed E-state index contributed by atoms with van der Waals surface area (Å²) in [7, 11) is 0. The Kier molecular flexibility index (Phi) is 3.91. The summed E-state index contributed by atoms with van der Waals surface area (Å²) in [4.78, 5) is 4.34. The number of benzene rings is 1. The summed E-state index contributed by atoms with van der Waals surface area (Å²) < 4.78 is 15.9. The van der Waals surface area contributed by atoms with Crippen molar-refractivity contribution in [2.45, 2.75) is 39.1 Å². The van der Waals surface area contributed by atoms with Gasteiger partial charge in [0.2, 0.25) is 0 Å². The second-order valence-corrected chi connectivity index (χ2v) is 5.13. The molecule has 98 valence electrons. The van der Waals surface area contributed by atoms with Crippen molar-refractivity contribution in [3.05, 3.63) is 29.8 Å². The van der Waals surface area contributed by atoms with Crippen LogP contribution in [0.5, 0.6) is 0 Å². The van der Waals surface area contributed by atoms with Gasteiger partial charge in [0.1, 0.15) is 11.3 Å². The van der Waals surface area contributed by atoms with Gasteiger partial charge in [0.25, 0.3) is 0 Å². The summed E-state index contributed by atoms with van der Waals surface area (Å²) in [6.45, 7) is 6.46. The van der Waals surface area contributed by atoms with Crippen molar-refractivity contribution >= 4 is 22.6 Å². The van der Waals surface area contributed by atoms with Gasteiger partial charge >= 0.3 is 0 Å². The quantitative estimate of drug-likeness (QED) is 0.746. The van der Waals surface area contributed by atoms with Gasteiger partial charge in [0.15, 0.2) is 5.82 Å². The molecule has 0 amide bonds. The van der Waals surface area contributed by atoms with E-state index in [0.717, 1.165) is 17.8 Å². The van der Waals surface area contributed by atoms with Crippen LogP contribution < -0.4 is 0 Å². The highest BCUT2D eigenvalue weighted by molar-refractivity contribution is 6.16. The molecule has 0 radical (unpaired) electrons. The maximum absolute atomic E-state index is 13.8. The van der Waals surface area contributed by atoms with Crippen molar-refractivity contribution in [1.29, 1.82) is 0 Å². The summed E-state index contributed by atoms with van der Waals surface area (Å²) in [5.74, 6) is 1.23. The zero-order chi connectivity index (χ0) is 13.3. The highest BCUT2D eigenvalue weighted by Gasteiger charge is 2.21. The molecule has 0 aliphatic heterocycles. The molecule has 2 nitrogen and oxygen atoms in total. The average molecular weight is 269 g/mol. The van der Waals surface area contributed by atoms with Crippen LogP contribution in [0.4, 0.5) is 4.39 Å². The number of nitrogens with zero attached hydrogens (tertiary/aromatic N) is 2. The molecule has 0 aliphatic rings. The van der Waals surface area contributed by atoms with Crippen molar-refractivity contribution < 1.29 is 4.39 Å². The van der Waals surface area contributed by atoms with E-state index in [1.165, 1.54) is 6.07 Å². The number of rotatable bonds is 4. The molecule has 1 aromatic heterocycles. The summed E-state index contributed by atoms with van der Waals surface area (Å²) in [6, 6.07) is 5.37. The van der Waals surface area contributed by atoms with E-state index in [2.05, 4.69) is 30.3 Å². The molecule has 0 N–H and O–H groups in total. The Morgan fingerprint density at radius 3 is 2.67 bits per heavy atom. The third-order valence-corrected chi connectivity index (χ3v) is 3.62. The predicted molar refractivity (Wildman–Crippen MR) is 73.4 cm³/mol. The highest BCUT2D eigenvalue weighted by Crippen LogP contribution is 2.30. The number of fused-ring (bicyclic) bond motifs is 1. The van der Waals surface area contributed by atoms with Gasteiger partial charge in [-0.3, -0.25) is 0 Å². The molecule has 0 aliphatic carbocycles. The first-order valence-electron chi connectivity index (χ1n) is 6.31. The fourth-order valence-electron chi connectivity index (χ4n) is 2.55. The van der Waals surface area contributed by atoms with Crippen LogP contribution >= 0.6 is 11.6 Å². The third kappa shape index (κ3) is 2.12. The molecule has 1 heterocycles. The Labute approximate surface area is 112 Å². The minimum absolute atomic E-state index is 0.281. The van der Waals surface area contributed by atoms with Crippen LogP contribution in [0.15, 0.2) is 18.2 Å². The smallest absolute Gasteiger partial charge is 0.151 e. The monoisotopic (exact) mass is 268 g/mol. The number of alkyl halides is 1. The van der Waals surface area contributed by atoms with Crippen molar-refractivity contribution in [3.63, 3.8) is 0 Å². The van der Waals surface area contributed by atoms with Crippen molar-refractivity contribution in [1.82, 2.24) is 9.55 Å². The average Bonchev–Trinajstić information content (AvgIpc) is 2.70. The largest absolute Gasteiger partial charge is 0.324 e. The number of hydrogen-bond acceptors (Lipinski definition) is 1. The lowest BCUT2D eigenvalue weighted by Crippen LogP contribution is -2.16. The van der Waals surface area contributed by atoms with E-state index >= 15 is 0 Å². The second-order valence-electron chi connectivity index (χ2n) is 4.86. The molecule has 1 unspecified atom stereocenters. The van der Waals surface area contributed by atoms with Crippen LogP contribution in [0, 0.1) is 11.7 Å². The Morgan fingerprint density at radius 2 is 2.11 bits per heavy atom. The molecular formula is C14H18ClFN2. The fourth-order valence-corrected chi connectivity index (χ4v) is 2.74. The van der Waals surface area contributed by atoms with Gasteiger partial charge in [-0.1, -0.05) is 26.8 Å². The molecule has 0 spiro atoms. The molecular weight excluding hydrogens is 251 g/mol. The first kappa shape index (κ1) is 13.3. The van der Waals surface area contributed by atoms with Gasteiger partial charge in [-0.25, -0.2) is 9.37 Å². The maximum Gasteiger partial charge on any atom is 0.151 e. The van der Waals surface area contributed by atoms with E-state index in [-0.39, 0.29) is 5.82 Å². The normalized spacial score (nSPS) is 13.4. The third-order valence-electron chi connectivity index (χ3n) is 3.38. The first-order chi connectivity index (χ1) is 8.60. The van der Waals surface area contributed by atoms with Crippen LogP contribution in [-0.4, -0.2) is 9.55 Å². The SMILES string of the molecule is CCC(C(C)C)n1c(CCl)nc2c(F)cccc21. The lowest BCUT2D eigenvalue weighted by atomic mass is 10.0. The Hall–Kier alpha value is -1.09. The molecule has 4 heteroatoms. The fraction of sp³-hybridized carbons (Fsp3) is 0.500. The highest BCUT2D eigenvalue weighted by atomic mass is 35.5. The second kappa shape index (κ2) is 5.27. The summed E-state index contributed by atoms with van der Waals surface area (Å²) in [5, 5.41) is 0. The van der Waals surface area contributed by atoms with E-state index in [1.807, 2.05) is 6.07 Å². The number of hydrogen-bond donors (Lipinski definition) is 0. The molecule has 2 aromatic rings. The topological polar surface area (TPSA) is 17.8 Å². The maximum atomic E-state index is 13.8. The van der Waals surface area contributed by atoms with E-state index in [4.69, 9.17) is 11.6 Å². The summed E-state index contributed by atoms with van der Waals surface area (Å²) in [6.07, 6.45) is 0.976. The molecule has 1 atom stereocenters. The van der Waals surface area contributed by atoms with Gasteiger partial charge in [-0.2, -0.15) is 0 Å². The van der Waals surface area contributed by atoms with Crippen LogP contribution in [0.25, 0.3) is 11.0 Å². The Morgan fingerprint density at radius 1 is 1.39 bits per heavy atom. The molecule has 18 heavy (non-hydrogen) atoms. The van der Waals surface area contributed by atoms with Crippen molar-refractivity contribution in [2.24, 2.45) is 5.92 Å². The van der Waals surface area contributed by atoms with Gasteiger partial charge in [-0.05, 0) is 24.5 Å². The van der Waals surface area contributed by atoms with Crippen LogP contribution in [0.1, 0.15) is 39.1 Å². The Balaban J connectivity index is 2.70. The molecule has 0 bridgehead atoms. The van der Waals surface area contributed by atoms with E-state index in [1.54, 1.807) is 6.07 Å². The van der Waals surface area contributed by atoms with Gasteiger partial charge in [0, 0.05) is 6.04 Å². The number of aromatic nitrogens is 2. The standard InChI is InChI=1S/C14H18ClFN2/c1-4-11(9(2)3)18-12-7-5-6-10(16)14(12)17-13(18)8-15/h5-7,9,11H,4,8H2,1-3H3. The minimum Gasteiger partial charge on any atom is -0.324 e. The number of imidazole rings is 1. The lowest BCUT2D eigenvalue weighted by Gasteiger charge is -2.23. The molecule has 0 saturated heterocycles. The van der Waals surface area contributed by atoms with Gasteiger partial charge in [-0.15, -0.1) is 11.6 Å². The van der Waals surface area contributed by atoms with Gasteiger partial charge < -0.3 is 4.57 Å². The molecule has 1 aromatic carbocycles. The number of halogens is 2. The molecule has 0 saturated carbocycles. The van der Waals surface area contributed by atoms with Crippen molar-refractivity contribution in [3.8, 4) is 0 Å². The zero-order valence-corrected chi connectivity index (χ0v) is 11.7. The van der Waals surface area contributed by atoms with Crippen molar-refractivity contribution in [2.75, 3.05) is 0 Å². The summed E-state index contributed by atoms with van der Waals surface area (Å²) >= 11 is 5.96. The number of para-hydroxylation sites is 1. The van der Waals surface area contributed by atoms with Crippen LogP contribution in [0.3, 0.4) is 0 Å². The van der Waals surface area contributed by atoms with Crippen LogP contribution in [0.2, 0.25) is 0 Å². The van der Waals surface area contributed by atoms with E-state index in [0.29, 0.717) is 23.4 Å². The first-order valence-corrected chi connectivity index (χ1v) is 6.84. The molecule has 0 fully saturated rings.